The lowest BCUT2D eigenvalue weighted by Gasteiger charge is -2.16. The second kappa shape index (κ2) is 7.76. The lowest BCUT2D eigenvalue weighted by Crippen LogP contribution is -2.33. The predicted molar refractivity (Wildman–Crippen MR) is 93.5 cm³/mol. The van der Waals surface area contributed by atoms with E-state index in [1.54, 1.807) is 25.3 Å². The molecular formula is C18H18FNO4S. The summed E-state index contributed by atoms with van der Waals surface area (Å²) in [7, 11) is 1.56. The molecule has 1 fully saturated rings. The number of carboxylic acids is 1. The number of halogens is 1. The highest BCUT2D eigenvalue weighted by molar-refractivity contribution is 7.99. The second-order valence-electron chi connectivity index (χ2n) is 5.56. The van der Waals surface area contributed by atoms with Crippen molar-refractivity contribution in [3.8, 4) is 11.5 Å². The Balaban J connectivity index is 1.76. The maximum atomic E-state index is 13.7. The average Bonchev–Trinajstić information content (AvgIpc) is 3.11. The highest BCUT2D eigenvalue weighted by Gasteiger charge is 2.30. The Bertz CT molecular complexity index is 770. The van der Waals surface area contributed by atoms with E-state index in [9.17, 15) is 9.18 Å². The van der Waals surface area contributed by atoms with Crippen LogP contribution in [-0.4, -0.2) is 30.0 Å². The molecule has 1 saturated heterocycles. The van der Waals surface area contributed by atoms with E-state index in [0.717, 1.165) is 11.1 Å². The van der Waals surface area contributed by atoms with Crippen molar-refractivity contribution in [2.24, 2.45) is 0 Å². The third kappa shape index (κ3) is 4.05. The summed E-state index contributed by atoms with van der Waals surface area (Å²) in [5, 5.41) is 12.1. The van der Waals surface area contributed by atoms with E-state index in [0.29, 0.717) is 11.5 Å². The summed E-state index contributed by atoms with van der Waals surface area (Å²) in [4.78, 5) is 11.1. The van der Waals surface area contributed by atoms with Gasteiger partial charge in [0.05, 0.1) is 12.5 Å². The van der Waals surface area contributed by atoms with Gasteiger partial charge in [0, 0.05) is 11.3 Å². The summed E-state index contributed by atoms with van der Waals surface area (Å²) in [6.45, 7) is 0.150. The van der Waals surface area contributed by atoms with E-state index >= 15 is 0 Å². The number of carbonyl (C=O) groups is 1. The van der Waals surface area contributed by atoms with Gasteiger partial charge in [-0.2, -0.15) is 0 Å². The molecular weight excluding hydrogens is 345 g/mol. The summed E-state index contributed by atoms with van der Waals surface area (Å²) in [5.74, 6) is 0.0429. The minimum absolute atomic E-state index is 0.112. The van der Waals surface area contributed by atoms with Gasteiger partial charge in [0.25, 0.3) is 0 Å². The zero-order chi connectivity index (χ0) is 17.8. The van der Waals surface area contributed by atoms with Crippen molar-refractivity contribution in [2.75, 3.05) is 12.9 Å². The fraction of sp³-hybridized carbons (Fsp3) is 0.278. The van der Waals surface area contributed by atoms with Crippen molar-refractivity contribution in [3.63, 3.8) is 0 Å². The van der Waals surface area contributed by atoms with Gasteiger partial charge >= 0.3 is 5.97 Å². The molecule has 0 spiro atoms. The minimum atomic E-state index is -0.855. The number of ether oxygens (including phenoxy) is 2. The maximum absolute atomic E-state index is 13.7. The first-order valence-electron chi connectivity index (χ1n) is 7.73. The minimum Gasteiger partial charge on any atom is -0.496 e. The first-order chi connectivity index (χ1) is 12.1. The van der Waals surface area contributed by atoms with Crippen molar-refractivity contribution in [2.45, 2.75) is 18.0 Å². The SMILES string of the molecule is COc1ccc([C@@H]2N[C@H](C(=O)O)CS2)cc1COc1ccccc1F. The fourth-order valence-electron chi connectivity index (χ4n) is 2.60. The van der Waals surface area contributed by atoms with Gasteiger partial charge in [-0.15, -0.1) is 11.8 Å². The zero-order valence-corrected chi connectivity index (χ0v) is 14.4. The molecule has 2 aromatic rings. The van der Waals surface area contributed by atoms with E-state index in [2.05, 4.69) is 5.32 Å². The van der Waals surface area contributed by atoms with Gasteiger partial charge in [-0.3, -0.25) is 10.1 Å². The van der Waals surface area contributed by atoms with Crippen LogP contribution < -0.4 is 14.8 Å². The van der Waals surface area contributed by atoms with E-state index in [1.807, 2.05) is 18.2 Å². The molecule has 2 atom stereocenters. The number of benzene rings is 2. The molecule has 0 aliphatic carbocycles. The highest BCUT2D eigenvalue weighted by Crippen LogP contribution is 2.35. The Kier molecular flexibility index (Phi) is 5.45. The van der Waals surface area contributed by atoms with Crippen molar-refractivity contribution in [1.29, 1.82) is 0 Å². The number of nitrogens with one attached hydrogen (secondary N) is 1. The Morgan fingerprint density at radius 3 is 2.80 bits per heavy atom. The molecule has 0 amide bonds. The summed E-state index contributed by atoms with van der Waals surface area (Å²) < 4.78 is 24.6. The van der Waals surface area contributed by atoms with Crippen molar-refractivity contribution in [1.82, 2.24) is 5.32 Å². The van der Waals surface area contributed by atoms with Crippen LogP contribution in [0.1, 0.15) is 16.5 Å². The van der Waals surface area contributed by atoms with Gasteiger partial charge in [0.15, 0.2) is 11.6 Å². The van der Waals surface area contributed by atoms with Crippen LogP contribution in [0.3, 0.4) is 0 Å². The lowest BCUT2D eigenvalue weighted by molar-refractivity contribution is -0.138. The van der Waals surface area contributed by atoms with E-state index in [4.69, 9.17) is 14.6 Å². The summed E-state index contributed by atoms with van der Waals surface area (Å²) in [6.07, 6.45) is 0. The Morgan fingerprint density at radius 1 is 1.32 bits per heavy atom. The van der Waals surface area contributed by atoms with E-state index in [1.165, 1.54) is 17.8 Å². The Hall–Kier alpha value is -2.25. The average molecular weight is 363 g/mol. The molecule has 5 nitrogen and oxygen atoms in total. The molecule has 0 aromatic heterocycles. The van der Waals surface area contributed by atoms with Gasteiger partial charge < -0.3 is 14.6 Å². The van der Waals surface area contributed by atoms with Crippen LogP contribution >= 0.6 is 11.8 Å². The molecule has 0 radical (unpaired) electrons. The zero-order valence-electron chi connectivity index (χ0n) is 13.6. The van der Waals surface area contributed by atoms with Gasteiger partial charge in [-0.1, -0.05) is 18.2 Å². The quantitative estimate of drug-likeness (QED) is 0.822. The topological polar surface area (TPSA) is 67.8 Å². The molecule has 1 aliphatic rings. The number of methoxy groups -OCH3 is 1. The number of rotatable bonds is 6. The standard InChI is InChI=1S/C18H18FNO4S/c1-23-15-7-6-11(17-20-14(10-25-17)18(21)22)8-12(15)9-24-16-5-3-2-4-13(16)19/h2-8,14,17,20H,9-10H2,1H3,(H,21,22)/t14-,17+/m0/s1. The molecule has 2 N–H and O–H groups in total. The molecule has 25 heavy (non-hydrogen) atoms. The summed E-state index contributed by atoms with van der Waals surface area (Å²) in [6, 6.07) is 11.3. The van der Waals surface area contributed by atoms with Crippen LogP contribution in [0.15, 0.2) is 42.5 Å². The van der Waals surface area contributed by atoms with Gasteiger partial charge in [-0.05, 0) is 29.8 Å². The Labute approximate surface area is 149 Å². The van der Waals surface area contributed by atoms with E-state index < -0.39 is 17.8 Å². The first-order valence-corrected chi connectivity index (χ1v) is 8.78. The Morgan fingerprint density at radius 2 is 2.12 bits per heavy atom. The molecule has 2 aromatic carbocycles. The smallest absolute Gasteiger partial charge is 0.321 e. The van der Waals surface area contributed by atoms with Gasteiger partial charge in [0.2, 0.25) is 0 Å². The van der Waals surface area contributed by atoms with Crippen LogP contribution in [0, 0.1) is 5.82 Å². The largest absolute Gasteiger partial charge is 0.496 e. The van der Waals surface area contributed by atoms with Crippen molar-refractivity contribution in [3.05, 3.63) is 59.4 Å². The van der Waals surface area contributed by atoms with Crippen LogP contribution in [0.4, 0.5) is 4.39 Å². The number of hydrogen-bond acceptors (Lipinski definition) is 5. The van der Waals surface area contributed by atoms with Crippen LogP contribution in [0.2, 0.25) is 0 Å². The van der Waals surface area contributed by atoms with E-state index in [-0.39, 0.29) is 17.7 Å². The van der Waals surface area contributed by atoms with Crippen LogP contribution in [-0.2, 0) is 11.4 Å². The highest BCUT2D eigenvalue weighted by atomic mass is 32.2. The summed E-state index contributed by atoms with van der Waals surface area (Å²) in [5.41, 5.74) is 1.70. The maximum Gasteiger partial charge on any atom is 0.321 e. The number of aliphatic carboxylic acids is 1. The molecule has 1 aliphatic heterocycles. The molecule has 0 unspecified atom stereocenters. The van der Waals surface area contributed by atoms with Gasteiger partial charge in [-0.25, -0.2) is 4.39 Å². The third-order valence-corrected chi connectivity index (χ3v) is 5.17. The van der Waals surface area contributed by atoms with Crippen molar-refractivity contribution < 1.29 is 23.8 Å². The number of thioether (sulfide) groups is 1. The summed E-state index contributed by atoms with van der Waals surface area (Å²) >= 11 is 1.54. The fourth-order valence-corrected chi connectivity index (χ4v) is 3.82. The lowest BCUT2D eigenvalue weighted by atomic mass is 10.1. The molecule has 0 bridgehead atoms. The van der Waals surface area contributed by atoms with Gasteiger partial charge in [0.1, 0.15) is 18.4 Å². The number of carboxylic acid groups (broad SMARTS) is 1. The molecule has 7 heteroatoms. The molecule has 132 valence electrons. The third-order valence-electron chi connectivity index (χ3n) is 3.91. The predicted octanol–water partition coefficient (Wildman–Crippen LogP) is 3.20. The molecule has 1 heterocycles. The first kappa shape index (κ1) is 17.6. The van der Waals surface area contributed by atoms with Crippen LogP contribution in [0.5, 0.6) is 11.5 Å². The molecule has 0 saturated carbocycles. The second-order valence-corrected chi connectivity index (χ2v) is 6.70. The molecule has 3 rings (SSSR count). The monoisotopic (exact) mass is 363 g/mol. The normalized spacial score (nSPS) is 19.6. The van der Waals surface area contributed by atoms with Crippen LogP contribution in [0.25, 0.3) is 0 Å². The van der Waals surface area contributed by atoms with Crippen molar-refractivity contribution >= 4 is 17.7 Å². The number of hydrogen-bond donors (Lipinski definition) is 2. The number of para-hydroxylation sites is 1.